The summed E-state index contributed by atoms with van der Waals surface area (Å²) in [5.41, 5.74) is 19.6. The van der Waals surface area contributed by atoms with Crippen LogP contribution in [-0.4, -0.2) is 0 Å². The van der Waals surface area contributed by atoms with Crippen molar-refractivity contribution in [2.45, 2.75) is 19.3 Å². The van der Waals surface area contributed by atoms with E-state index in [4.69, 9.17) is 0 Å². The van der Waals surface area contributed by atoms with Gasteiger partial charge in [0.2, 0.25) is 0 Å². The van der Waals surface area contributed by atoms with Gasteiger partial charge >= 0.3 is 0 Å². The molecule has 1 spiro atoms. The van der Waals surface area contributed by atoms with E-state index in [1.54, 1.807) is 0 Å². The maximum atomic E-state index is 2.47. The summed E-state index contributed by atoms with van der Waals surface area (Å²) >= 11 is 0. The highest BCUT2D eigenvalue weighted by Crippen LogP contribution is 2.63. The molecule has 2 aliphatic carbocycles. The van der Waals surface area contributed by atoms with Crippen molar-refractivity contribution in [3.8, 4) is 22.3 Å². The molecule has 0 radical (unpaired) electrons. The standard InChI is InChI=1S/C51H38N2/c1-35-22-29-44-45-30-23-36(2)33-49(45)51(48(44)32-35)47-21-13-12-20-43(47)46-31-28-42(34-50(46)51)53(39-18-10-5-11-19-39)41-26-24-40(25-27-41)52(37-14-6-3-7-15-37)38-16-8-4-9-17-38/h3-34H,1-2H3. The Morgan fingerprint density at radius 2 is 0.623 bits per heavy atom. The minimum atomic E-state index is -0.414. The van der Waals surface area contributed by atoms with E-state index in [2.05, 4.69) is 218 Å². The first kappa shape index (κ1) is 31.1. The number of fused-ring (bicyclic) bond motifs is 10. The van der Waals surface area contributed by atoms with E-state index in [1.165, 1.54) is 55.6 Å². The molecule has 0 aromatic heterocycles. The van der Waals surface area contributed by atoms with Crippen LogP contribution < -0.4 is 9.80 Å². The van der Waals surface area contributed by atoms with Gasteiger partial charge in [0.05, 0.1) is 5.41 Å². The molecule has 2 nitrogen and oxygen atoms in total. The van der Waals surface area contributed by atoms with Gasteiger partial charge in [0.1, 0.15) is 0 Å². The molecule has 53 heavy (non-hydrogen) atoms. The quantitative estimate of drug-likeness (QED) is 0.173. The predicted molar refractivity (Wildman–Crippen MR) is 222 cm³/mol. The second-order valence-electron chi connectivity index (χ2n) is 14.3. The topological polar surface area (TPSA) is 6.48 Å². The lowest BCUT2D eigenvalue weighted by molar-refractivity contribution is 0.791. The van der Waals surface area contributed by atoms with Crippen molar-refractivity contribution < 1.29 is 0 Å². The largest absolute Gasteiger partial charge is 0.311 e. The van der Waals surface area contributed by atoms with Crippen molar-refractivity contribution in [1.29, 1.82) is 0 Å². The van der Waals surface area contributed by atoms with Gasteiger partial charge in [-0.05, 0) is 131 Å². The normalized spacial score (nSPS) is 12.9. The number of para-hydroxylation sites is 3. The van der Waals surface area contributed by atoms with Crippen LogP contribution in [0.1, 0.15) is 33.4 Å². The molecule has 0 aliphatic heterocycles. The van der Waals surface area contributed by atoms with Crippen LogP contribution in [0.15, 0.2) is 194 Å². The fraction of sp³-hybridized carbons (Fsp3) is 0.0588. The second kappa shape index (κ2) is 12.3. The molecule has 8 aromatic carbocycles. The zero-order valence-electron chi connectivity index (χ0n) is 29.9. The third kappa shape index (κ3) is 4.80. The van der Waals surface area contributed by atoms with E-state index in [1.807, 2.05) is 0 Å². The second-order valence-corrected chi connectivity index (χ2v) is 14.3. The average Bonchev–Trinajstić information content (AvgIpc) is 3.66. The molecule has 0 atom stereocenters. The van der Waals surface area contributed by atoms with E-state index in [9.17, 15) is 0 Å². The number of hydrogen-bond acceptors (Lipinski definition) is 2. The van der Waals surface area contributed by atoms with Gasteiger partial charge in [-0.3, -0.25) is 0 Å². The first-order valence-corrected chi connectivity index (χ1v) is 18.4. The van der Waals surface area contributed by atoms with Crippen LogP contribution in [0.25, 0.3) is 22.3 Å². The number of benzene rings is 8. The molecule has 0 unspecified atom stereocenters. The number of anilines is 6. The van der Waals surface area contributed by atoms with Gasteiger partial charge in [-0.25, -0.2) is 0 Å². The minimum Gasteiger partial charge on any atom is -0.311 e. The molecule has 0 heterocycles. The number of aryl methyl sites for hydroxylation is 2. The fourth-order valence-electron chi connectivity index (χ4n) is 8.91. The van der Waals surface area contributed by atoms with Crippen molar-refractivity contribution >= 4 is 34.1 Å². The first-order chi connectivity index (χ1) is 26.1. The molecular weight excluding hydrogens is 641 g/mol. The van der Waals surface area contributed by atoms with Crippen LogP contribution in [-0.2, 0) is 5.41 Å². The van der Waals surface area contributed by atoms with Crippen LogP contribution in [0.4, 0.5) is 34.1 Å². The minimum absolute atomic E-state index is 0.414. The lowest BCUT2D eigenvalue weighted by Gasteiger charge is -2.32. The molecule has 0 fully saturated rings. The molecule has 0 saturated carbocycles. The lowest BCUT2D eigenvalue weighted by atomic mass is 9.70. The Bertz CT molecular complexity index is 2530. The van der Waals surface area contributed by atoms with Crippen molar-refractivity contribution in [1.82, 2.24) is 0 Å². The van der Waals surface area contributed by atoms with Crippen molar-refractivity contribution in [2.24, 2.45) is 0 Å². The van der Waals surface area contributed by atoms with E-state index < -0.39 is 5.41 Å². The van der Waals surface area contributed by atoms with Crippen molar-refractivity contribution in [2.75, 3.05) is 9.80 Å². The van der Waals surface area contributed by atoms with Crippen LogP contribution in [0.2, 0.25) is 0 Å². The first-order valence-electron chi connectivity index (χ1n) is 18.4. The summed E-state index contributed by atoms with van der Waals surface area (Å²) in [5, 5.41) is 0. The number of rotatable bonds is 6. The van der Waals surface area contributed by atoms with Gasteiger partial charge in [-0.1, -0.05) is 132 Å². The average molecular weight is 679 g/mol. The van der Waals surface area contributed by atoms with Gasteiger partial charge in [-0.2, -0.15) is 0 Å². The molecule has 2 heteroatoms. The molecule has 252 valence electrons. The summed E-state index contributed by atoms with van der Waals surface area (Å²) in [6.45, 7) is 4.44. The van der Waals surface area contributed by atoms with Crippen LogP contribution in [0.5, 0.6) is 0 Å². The highest BCUT2D eigenvalue weighted by Gasteiger charge is 2.52. The number of hydrogen-bond donors (Lipinski definition) is 0. The maximum Gasteiger partial charge on any atom is 0.0726 e. The summed E-state index contributed by atoms with van der Waals surface area (Å²) in [6.07, 6.45) is 0. The summed E-state index contributed by atoms with van der Waals surface area (Å²) in [5.74, 6) is 0. The Kier molecular flexibility index (Phi) is 7.19. The van der Waals surface area contributed by atoms with Crippen LogP contribution in [0, 0.1) is 13.8 Å². The summed E-state index contributed by atoms with van der Waals surface area (Å²) in [6, 6.07) is 71.2. The zero-order valence-corrected chi connectivity index (χ0v) is 29.9. The summed E-state index contributed by atoms with van der Waals surface area (Å²) in [4.78, 5) is 4.71. The Labute approximate surface area is 311 Å². The third-order valence-electron chi connectivity index (χ3n) is 11.1. The molecule has 0 amide bonds. The fourth-order valence-corrected chi connectivity index (χ4v) is 8.91. The molecule has 0 N–H and O–H groups in total. The Morgan fingerprint density at radius 3 is 1.11 bits per heavy atom. The van der Waals surface area contributed by atoms with E-state index in [0.717, 1.165) is 34.1 Å². The molecule has 8 aromatic rings. The van der Waals surface area contributed by atoms with Gasteiger partial charge in [-0.15, -0.1) is 0 Å². The highest BCUT2D eigenvalue weighted by molar-refractivity contribution is 5.96. The number of nitrogens with zero attached hydrogens (tertiary/aromatic N) is 2. The Balaban J connectivity index is 1.17. The van der Waals surface area contributed by atoms with Gasteiger partial charge in [0.15, 0.2) is 0 Å². The molecule has 0 saturated heterocycles. The van der Waals surface area contributed by atoms with Gasteiger partial charge in [0, 0.05) is 34.1 Å². The van der Waals surface area contributed by atoms with Gasteiger partial charge < -0.3 is 9.80 Å². The molecular formula is C51H38N2. The molecule has 2 aliphatic rings. The van der Waals surface area contributed by atoms with E-state index in [-0.39, 0.29) is 0 Å². The van der Waals surface area contributed by atoms with E-state index >= 15 is 0 Å². The zero-order chi connectivity index (χ0) is 35.5. The molecule has 0 bridgehead atoms. The third-order valence-corrected chi connectivity index (χ3v) is 11.1. The SMILES string of the molecule is Cc1ccc2c(c1)C1(c3ccccc3-c3ccc(N(c4ccccc4)c4ccc(N(c5ccccc5)c5ccccc5)cc4)cc31)c1cc(C)ccc1-2. The van der Waals surface area contributed by atoms with Gasteiger partial charge in [0.25, 0.3) is 0 Å². The van der Waals surface area contributed by atoms with E-state index in [0.29, 0.717) is 0 Å². The smallest absolute Gasteiger partial charge is 0.0726 e. The van der Waals surface area contributed by atoms with Crippen molar-refractivity contribution in [3.63, 3.8) is 0 Å². The molecule has 10 rings (SSSR count). The Hall–Kier alpha value is -6.64. The summed E-state index contributed by atoms with van der Waals surface area (Å²) < 4.78 is 0. The Morgan fingerprint density at radius 1 is 0.283 bits per heavy atom. The lowest BCUT2D eigenvalue weighted by Crippen LogP contribution is -2.26. The monoisotopic (exact) mass is 678 g/mol. The highest BCUT2D eigenvalue weighted by atomic mass is 15.2. The maximum absolute atomic E-state index is 2.47. The van der Waals surface area contributed by atoms with Crippen LogP contribution in [0.3, 0.4) is 0 Å². The van der Waals surface area contributed by atoms with Crippen LogP contribution >= 0.6 is 0 Å². The van der Waals surface area contributed by atoms with Crippen molar-refractivity contribution in [3.05, 3.63) is 228 Å². The predicted octanol–water partition coefficient (Wildman–Crippen LogP) is 13.6. The summed E-state index contributed by atoms with van der Waals surface area (Å²) in [7, 11) is 0.